The molecule has 2 aliphatic rings. The first-order chi connectivity index (χ1) is 18.0. The molecule has 0 bridgehead atoms. The molecular weight excluding hydrogens is 467 g/mol. The smallest absolute Gasteiger partial charge is 0.246 e. The molecular formula is C31H31FN2O3. The SMILES string of the molecule is COc1ccc([C@H]2/C=C\CN(C(=O)C3CC3)[C@@H](Cc3ccccc3)C(=O)N2Cc2ccc(F)cc2)cc1. The van der Waals surface area contributed by atoms with Gasteiger partial charge in [0.05, 0.1) is 13.2 Å². The Morgan fingerprint density at radius 2 is 1.65 bits per heavy atom. The fourth-order valence-electron chi connectivity index (χ4n) is 4.89. The Hall–Kier alpha value is -3.93. The van der Waals surface area contributed by atoms with Gasteiger partial charge in [-0.25, -0.2) is 4.39 Å². The molecule has 5 nitrogen and oxygen atoms in total. The third-order valence-corrected chi connectivity index (χ3v) is 7.11. The summed E-state index contributed by atoms with van der Waals surface area (Å²) in [5.74, 6) is 0.341. The van der Waals surface area contributed by atoms with E-state index in [1.165, 1.54) is 12.1 Å². The molecule has 3 aromatic rings. The van der Waals surface area contributed by atoms with Gasteiger partial charge in [-0.15, -0.1) is 0 Å². The van der Waals surface area contributed by atoms with Crippen LogP contribution in [-0.2, 0) is 22.6 Å². The number of hydrogen-bond acceptors (Lipinski definition) is 3. The van der Waals surface area contributed by atoms with Crippen LogP contribution in [-0.4, -0.2) is 41.3 Å². The quantitative estimate of drug-likeness (QED) is 0.414. The maximum atomic E-state index is 14.4. The average molecular weight is 499 g/mol. The highest BCUT2D eigenvalue weighted by Gasteiger charge is 2.41. The maximum Gasteiger partial charge on any atom is 0.246 e. The van der Waals surface area contributed by atoms with Crippen LogP contribution in [0, 0.1) is 11.7 Å². The zero-order chi connectivity index (χ0) is 25.8. The van der Waals surface area contributed by atoms with E-state index in [0.717, 1.165) is 35.3 Å². The van der Waals surface area contributed by atoms with Gasteiger partial charge in [-0.05, 0) is 53.8 Å². The molecule has 5 rings (SSSR count). The van der Waals surface area contributed by atoms with Crippen molar-refractivity contribution in [2.24, 2.45) is 5.92 Å². The van der Waals surface area contributed by atoms with Crippen molar-refractivity contribution in [2.45, 2.75) is 37.9 Å². The Labute approximate surface area is 217 Å². The Kier molecular flexibility index (Phi) is 7.35. The van der Waals surface area contributed by atoms with Crippen molar-refractivity contribution in [1.82, 2.24) is 9.80 Å². The number of benzene rings is 3. The largest absolute Gasteiger partial charge is 0.497 e. The highest BCUT2D eigenvalue weighted by atomic mass is 19.1. The van der Waals surface area contributed by atoms with E-state index in [0.29, 0.717) is 13.0 Å². The molecule has 0 spiro atoms. The average Bonchev–Trinajstić information content (AvgIpc) is 3.78. The highest BCUT2D eigenvalue weighted by Crippen LogP contribution is 2.34. The van der Waals surface area contributed by atoms with Gasteiger partial charge in [0.15, 0.2) is 0 Å². The monoisotopic (exact) mass is 498 g/mol. The third kappa shape index (κ3) is 5.74. The molecule has 1 fully saturated rings. The number of rotatable bonds is 7. The van der Waals surface area contributed by atoms with Gasteiger partial charge >= 0.3 is 0 Å². The van der Waals surface area contributed by atoms with Crippen LogP contribution < -0.4 is 4.74 Å². The normalized spacial score (nSPS) is 20.8. The molecule has 2 amide bonds. The van der Waals surface area contributed by atoms with Crippen LogP contribution >= 0.6 is 0 Å². The Morgan fingerprint density at radius 3 is 2.30 bits per heavy atom. The lowest BCUT2D eigenvalue weighted by atomic mass is 9.97. The minimum Gasteiger partial charge on any atom is -0.497 e. The fourth-order valence-corrected chi connectivity index (χ4v) is 4.89. The van der Waals surface area contributed by atoms with Gasteiger partial charge in [0.25, 0.3) is 0 Å². The number of carbonyl (C=O) groups excluding carboxylic acids is 2. The predicted molar refractivity (Wildman–Crippen MR) is 140 cm³/mol. The first-order valence-electron chi connectivity index (χ1n) is 12.7. The molecule has 1 saturated carbocycles. The summed E-state index contributed by atoms with van der Waals surface area (Å²) in [5, 5.41) is 0. The van der Waals surface area contributed by atoms with Crippen LogP contribution in [0.3, 0.4) is 0 Å². The standard InChI is InChI=1S/C31H31FN2O3/c1-37-27-17-13-24(14-18-27)28-8-5-19-33(30(35)25-11-12-25)29(20-22-6-3-2-4-7-22)31(36)34(28)21-23-9-15-26(32)16-10-23/h2-10,13-18,25,28-29H,11-12,19-21H2,1H3/b8-5-/t28-,29+/m1/s1. The molecule has 1 aliphatic heterocycles. The molecule has 37 heavy (non-hydrogen) atoms. The van der Waals surface area contributed by atoms with Crippen LogP contribution in [0.5, 0.6) is 5.75 Å². The molecule has 190 valence electrons. The van der Waals surface area contributed by atoms with Gasteiger partial charge in [-0.3, -0.25) is 9.59 Å². The van der Waals surface area contributed by atoms with Gasteiger partial charge in [-0.2, -0.15) is 0 Å². The van der Waals surface area contributed by atoms with Gasteiger partial charge in [-0.1, -0.05) is 66.7 Å². The van der Waals surface area contributed by atoms with Crippen molar-refractivity contribution in [3.8, 4) is 5.75 Å². The second-order valence-electron chi connectivity index (χ2n) is 9.71. The molecule has 2 atom stereocenters. The lowest BCUT2D eigenvalue weighted by Crippen LogP contribution is -2.54. The Morgan fingerprint density at radius 1 is 0.946 bits per heavy atom. The first-order valence-corrected chi connectivity index (χ1v) is 12.7. The molecule has 0 unspecified atom stereocenters. The minimum absolute atomic E-state index is 0.00170. The van der Waals surface area contributed by atoms with E-state index in [-0.39, 0.29) is 36.1 Å². The zero-order valence-electron chi connectivity index (χ0n) is 20.9. The molecule has 0 N–H and O–H groups in total. The van der Waals surface area contributed by atoms with Gasteiger partial charge in [0.2, 0.25) is 11.8 Å². The number of carbonyl (C=O) groups is 2. The van der Waals surface area contributed by atoms with Gasteiger partial charge in [0, 0.05) is 25.4 Å². The number of methoxy groups -OCH3 is 1. The van der Waals surface area contributed by atoms with E-state index in [1.807, 2.05) is 71.6 Å². The summed E-state index contributed by atoms with van der Waals surface area (Å²) in [6.45, 7) is 0.673. The lowest BCUT2D eigenvalue weighted by Gasteiger charge is -2.39. The molecule has 0 radical (unpaired) electrons. The molecule has 3 aromatic carbocycles. The second kappa shape index (κ2) is 11.0. The summed E-state index contributed by atoms with van der Waals surface area (Å²) in [7, 11) is 1.62. The van der Waals surface area contributed by atoms with Crippen LogP contribution in [0.1, 0.15) is 35.6 Å². The Balaban J connectivity index is 1.56. The predicted octanol–water partition coefficient (Wildman–Crippen LogP) is 5.32. The summed E-state index contributed by atoms with van der Waals surface area (Å²) in [6.07, 6.45) is 6.17. The van der Waals surface area contributed by atoms with E-state index in [1.54, 1.807) is 24.1 Å². The highest BCUT2D eigenvalue weighted by molar-refractivity contribution is 5.90. The van der Waals surface area contributed by atoms with Crippen molar-refractivity contribution in [3.63, 3.8) is 0 Å². The topological polar surface area (TPSA) is 49.9 Å². The molecule has 6 heteroatoms. The lowest BCUT2D eigenvalue weighted by molar-refractivity contribution is -0.148. The van der Waals surface area contributed by atoms with E-state index in [4.69, 9.17) is 4.74 Å². The number of amides is 2. The van der Waals surface area contributed by atoms with E-state index in [2.05, 4.69) is 0 Å². The van der Waals surface area contributed by atoms with E-state index in [9.17, 15) is 14.0 Å². The first kappa shape index (κ1) is 24.8. The molecule has 1 heterocycles. The van der Waals surface area contributed by atoms with E-state index < -0.39 is 6.04 Å². The van der Waals surface area contributed by atoms with Crippen LogP contribution in [0.15, 0.2) is 91.0 Å². The molecule has 1 aliphatic carbocycles. The number of halogens is 1. The third-order valence-electron chi connectivity index (χ3n) is 7.11. The van der Waals surface area contributed by atoms with Crippen molar-refractivity contribution >= 4 is 11.8 Å². The summed E-state index contributed by atoms with van der Waals surface area (Å²) in [4.78, 5) is 31.4. The summed E-state index contributed by atoms with van der Waals surface area (Å²) in [6, 6.07) is 22.8. The zero-order valence-corrected chi connectivity index (χ0v) is 20.9. The van der Waals surface area contributed by atoms with Crippen LogP contribution in [0.2, 0.25) is 0 Å². The van der Waals surface area contributed by atoms with Crippen molar-refractivity contribution in [3.05, 3.63) is 114 Å². The summed E-state index contributed by atoms with van der Waals surface area (Å²) >= 11 is 0. The van der Waals surface area contributed by atoms with Gasteiger partial charge < -0.3 is 14.5 Å². The van der Waals surface area contributed by atoms with Crippen molar-refractivity contribution in [2.75, 3.05) is 13.7 Å². The number of hydrogen-bond donors (Lipinski definition) is 0. The summed E-state index contributed by atoms with van der Waals surface area (Å²) in [5.41, 5.74) is 2.76. The van der Waals surface area contributed by atoms with Crippen LogP contribution in [0.25, 0.3) is 0 Å². The van der Waals surface area contributed by atoms with Gasteiger partial charge in [0.1, 0.15) is 17.6 Å². The summed E-state index contributed by atoms with van der Waals surface area (Å²) < 4.78 is 19.0. The fraction of sp³-hybridized carbons (Fsp3) is 0.290. The second-order valence-corrected chi connectivity index (χ2v) is 9.71. The van der Waals surface area contributed by atoms with Crippen molar-refractivity contribution in [1.29, 1.82) is 0 Å². The van der Waals surface area contributed by atoms with Crippen molar-refractivity contribution < 1.29 is 18.7 Å². The minimum atomic E-state index is -0.637. The number of nitrogens with zero attached hydrogens (tertiary/aromatic N) is 2. The van der Waals surface area contributed by atoms with E-state index >= 15 is 0 Å². The maximum absolute atomic E-state index is 14.4. The molecule has 0 saturated heterocycles. The van der Waals surface area contributed by atoms with Crippen LogP contribution in [0.4, 0.5) is 4.39 Å². The molecule has 0 aromatic heterocycles. The Bertz CT molecular complexity index is 1250. The number of ether oxygens (including phenoxy) is 1.